The second-order valence-electron chi connectivity index (χ2n) is 4.04. The van der Waals surface area contributed by atoms with Gasteiger partial charge in [-0.25, -0.2) is 8.42 Å². The minimum atomic E-state index is -3.52. The third kappa shape index (κ3) is 3.28. The van der Waals surface area contributed by atoms with Crippen LogP contribution in [0.1, 0.15) is 6.92 Å². The van der Waals surface area contributed by atoms with E-state index in [1.54, 1.807) is 18.2 Å². The molecule has 1 aromatic rings. The summed E-state index contributed by atoms with van der Waals surface area (Å²) in [5.41, 5.74) is 0. The van der Waals surface area contributed by atoms with Crippen molar-refractivity contribution < 1.29 is 17.9 Å². The van der Waals surface area contributed by atoms with Gasteiger partial charge in [0.25, 0.3) is 0 Å². The van der Waals surface area contributed by atoms with E-state index in [4.69, 9.17) is 9.47 Å². The van der Waals surface area contributed by atoms with Gasteiger partial charge in [0.1, 0.15) is 10.6 Å². The molecule has 0 amide bonds. The molecule has 0 aromatic heterocycles. The van der Waals surface area contributed by atoms with Crippen LogP contribution in [0.5, 0.6) is 5.75 Å². The van der Waals surface area contributed by atoms with Gasteiger partial charge in [0, 0.05) is 17.6 Å². The molecule has 0 aliphatic carbocycles. The maximum Gasteiger partial charge on any atom is 0.246 e. The Kier molecular flexibility index (Phi) is 4.83. The first-order valence-electron chi connectivity index (χ1n) is 6.06. The van der Waals surface area contributed by atoms with Gasteiger partial charge in [0.05, 0.1) is 19.8 Å². The van der Waals surface area contributed by atoms with Crippen LogP contribution in [0.15, 0.2) is 27.6 Å². The highest BCUT2D eigenvalue weighted by atomic mass is 79.9. The number of ether oxygens (including phenoxy) is 2. The molecule has 1 aliphatic rings. The van der Waals surface area contributed by atoms with Crippen LogP contribution in [0.25, 0.3) is 0 Å². The number of sulfonamides is 1. The molecule has 0 unspecified atom stereocenters. The molecule has 0 bridgehead atoms. The van der Waals surface area contributed by atoms with Crippen molar-refractivity contribution in [2.24, 2.45) is 0 Å². The lowest BCUT2D eigenvalue weighted by Gasteiger charge is -2.26. The number of hydrogen-bond acceptors (Lipinski definition) is 4. The summed E-state index contributed by atoms with van der Waals surface area (Å²) in [7, 11) is -3.52. The van der Waals surface area contributed by atoms with E-state index in [0.717, 1.165) is 4.47 Å². The topological polar surface area (TPSA) is 55.8 Å². The zero-order valence-corrected chi connectivity index (χ0v) is 13.0. The molecule has 7 heteroatoms. The quantitative estimate of drug-likeness (QED) is 0.832. The van der Waals surface area contributed by atoms with Crippen molar-refractivity contribution >= 4 is 26.0 Å². The van der Waals surface area contributed by atoms with Crippen molar-refractivity contribution in [2.75, 3.05) is 32.9 Å². The summed E-state index contributed by atoms with van der Waals surface area (Å²) < 4.78 is 38.0. The fourth-order valence-electron chi connectivity index (χ4n) is 1.89. The van der Waals surface area contributed by atoms with Crippen LogP contribution in [0, 0.1) is 0 Å². The lowest BCUT2D eigenvalue weighted by molar-refractivity contribution is 0.0729. The second kappa shape index (κ2) is 6.21. The van der Waals surface area contributed by atoms with Crippen LogP contribution in [0.4, 0.5) is 0 Å². The fourth-order valence-corrected chi connectivity index (χ4v) is 3.75. The highest BCUT2D eigenvalue weighted by Gasteiger charge is 2.29. The zero-order valence-electron chi connectivity index (χ0n) is 10.6. The molecule has 5 nitrogen and oxygen atoms in total. The van der Waals surface area contributed by atoms with Crippen LogP contribution in [-0.2, 0) is 14.8 Å². The summed E-state index contributed by atoms with van der Waals surface area (Å²) >= 11 is 3.32. The van der Waals surface area contributed by atoms with Gasteiger partial charge in [-0.05, 0) is 25.1 Å². The summed E-state index contributed by atoms with van der Waals surface area (Å²) in [5, 5.41) is 0. The fraction of sp³-hybridized carbons (Fsp3) is 0.500. The first kappa shape index (κ1) is 14.8. The van der Waals surface area contributed by atoms with Gasteiger partial charge in [0.15, 0.2) is 0 Å². The predicted molar refractivity (Wildman–Crippen MR) is 74.9 cm³/mol. The molecular weight excluding hydrogens is 334 g/mol. The Hall–Kier alpha value is -0.630. The van der Waals surface area contributed by atoms with E-state index in [1.807, 2.05) is 6.92 Å². The third-order valence-electron chi connectivity index (χ3n) is 2.79. The Morgan fingerprint density at radius 3 is 2.68 bits per heavy atom. The van der Waals surface area contributed by atoms with Gasteiger partial charge in [-0.1, -0.05) is 15.9 Å². The summed E-state index contributed by atoms with van der Waals surface area (Å²) in [6, 6.07) is 4.95. The van der Waals surface area contributed by atoms with Crippen molar-refractivity contribution in [3.8, 4) is 5.75 Å². The number of nitrogens with zero attached hydrogens (tertiary/aromatic N) is 1. The average Bonchev–Trinajstić information content (AvgIpc) is 2.40. The number of hydrogen-bond donors (Lipinski definition) is 0. The van der Waals surface area contributed by atoms with Gasteiger partial charge in [0.2, 0.25) is 10.0 Å². The normalized spacial score (nSPS) is 17.4. The van der Waals surface area contributed by atoms with Crippen LogP contribution < -0.4 is 4.74 Å². The lowest BCUT2D eigenvalue weighted by atomic mass is 10.3. The maximum atomic E-state index is 12.6. The highest BCUT2D eigenvalue weighted by molar-refractivity contribution is 9.10. The van der Waals surface area contributed by atoms with Crippen molar-refractivity contribution in [1.29, 1.82) is 0 Å². The van der Waals surface area contributed by atoms with Crippen LogP contribution in [0.2, 0.25) is 0 Å². The lowest BCUT2D eigenvalue weighted by Crippen LogP contribution is -2.40. The summed E-state index contributed by atoms with van der Waals surface area (Å²) in [5.74, 6) is 0.378. The molecule has 1 aliphatic heterocycles. The van der Waals surface area contributed by atoms with E-state index in [9.17, 15) is 8.42 Å². The summed E-state index contributed by atoms with van der Waals surface area (Å²) in [6.07, 6.45) is 0. The molecular formula is C12H16BrNO4S. The minimum Gasteiger partial charge on any atom is -0.492 e. The number of benzene rings is 1. The van der Waals surface area contributed by atoms with E-state index in [0.29, 0.717) is 38.7 Å². The number of halogens is 1. The Morgan fingerprint density at radius 2 is 2.05 bits per heavy atom. The van der Waals surface area contributed by atoms with Crippen molar-refractivity contribution in [1.82, 2.24) is 4.31 Å². The Bertz CT molecular complexity index is 541. The third-order valence-corrected chi connectivity index (χ3v) is 5.22. The summed E-state index contributed by atoms with van der Waals surface area (Å²) in [6.45, 7) is 3.86. The van der Waals surface area contributed by atoms with Crippen LogP contribution >= 0.6 is 15.9 Å². The zero-order chi connectivity index (χ0) is 13.9. The van der Waals surface area contributed by atoms with E-state index >= 15 is 0 Å². The largest absolute Gasteiger partial charge is 0.492 e. The Morgan fingerprint density at radius 1 is 1.37 bits per heavy atom. The Balaban J connectivity index is 2.38. The molecule has 0 N–H and O–H groups in total. The maximum absolute atomic E-state index is 12.6. The highest BCUT2D eigenvalue weighted by Crippen LogP contribution is 2.30. The smallest absolute Gasteiger partial charge is 0.246 e. The van der Waals surface area contributed by atoms with Crippen LogP contribution in [-0.4, -0.2) is 45.6 Å². The molecule has 1 saturated heterocycles. The van der Waals surface area contributed by atoms with Gasteiger partial charge in [-0.15, -0.1) is 0 Å². The predicted octanol–water partition coefficient (Wildman–Crippen LogP) is 1.87. The molecule has 1 aromatic carbocycles. The molecule has 19 heavy (non-hydrogen) atoms. The standard InChI is InChI=1S/C12H16BrNO4S/c1-2-18-11-9-10(13)3-4-12(11)19(15,16)14-5-7-17-8-6-14/h3-4,9H,2,5-8H2,1H3. The average molecular weight is 350 g/mol. The van der Waals surface area contributed by atoms with Crippen molar-refractivity contribution in [2.45, 2.75) is 11.8 Å². The molecule has 0 spiro atoms. The molecule has 106 valence electrons. The van der Waals surface area contributed by atoms with Crippen LogP contribution in [0.3, 0.4) is 0 Å². The molecule has 0 radical (unpaired) electrons. The van der Waals surface area contributed by atoms with E-state index in [-0.39, 0.29) is 4.90 Å². The number of rotatable bonds is 4. The molecule has 1 fully saturated rings. The Labute approximate surface area is 121 Å². The van der Waals surface area contributed by atoms with Gasteiger partial charge >= 0.3 is 0 Å². The van der Waals surface area contributed by atoms with E-state index < -0.39 is 10.0 Å². The number of morpholine rings is 1. The summed E-state index contributed by atoms with van der Waals surface area (Å²) in [4.78, 5) is 0.208. The van der Waals surface area contributed by atoms with E-state index in [2.05, 4.69) is 15.9 Å². The second-order valence-corrected chi connectivity index (χ2v) is 6.86. The molecule has 0 saturated carbocycles. The minimum absolute atomic E-state index is 0.208. The van der Waals surface area contributed by atoms with Crippen molar-refractivity contribution in [3.63, 3.8) is 0 Å². The van der Waals surface area contributed by atoms with Gasteiger partial charge < -0.3 is 9.47 Å². The monoisotopic (exact) mass is 349 g/mol. The first-order chi connectivity index (χ1) is 9.05. The van der Waals surface area contributed by atoms with Gasteiger partial charge in [-0.3, -0.25) is 0 Å². The first-order valence-corrected chi connectivity index (χ1v) is 8.29. The molecule has 0 atom stereocenters. The van der Waals surface area contributed by atoms with Crippen molar-refractivity contribution in [3.05, 3.63) is 22.7 Å². The molecule has 2 rings (SSSR count). The SMILES string of the molecule is CCOc1cc(Br)ccc1S(=O)(=O)N1CCOCC1. The van der Waals surface area contributed by atoms with E-state index in [1.165, 1.54) is 4.31 Å². The molecule has 1 heterocycles. The van der Waals surface area contributed by atoms with Gasteiger partial charge in [-0.2, -0.15) is 4.31 Å².